The molecule has 0 saturated carbocycles. The number of carbonyl (C=O) groups is 2. The van der Waals surface area contributed by atoms with E-state index in [9.17, 15) is 9.59 Å². The van der Waals surface area contributed by atoms with Crippen LogP contribution in [0.25, 0.3) is 0 Å². The maximum Gasteiger partial charge on any atom is 0.337 e. The number of amides is 1. The molecule has 0 spiro atoms. The second-order valence-corrected chi connectivity index (χ2v) is 2.63. The van der Waals surface area contributed by atoms with E-state index in [1.54, 1.807) is 25.1 Å². The molecule has 1 aromatic carbocycles. The molecule has 0 bridgehead atoms. The minimum Gasteiger partial charge on any atom is -0.478 e. The number of para-hydroxylation sites is 1. The first-order chi connectivity index (χ1) is 6.65. The van der Waals surface area contributed by atoms with Crippen molar-refractivity contribution in [1.82, 2.24) is 0 Å². The molecule has 0 aliphatic rings. The molecule has 0 fully saturated rings. The maximum atomic E-state index is 11.0. The summed E-state index contributed by atoms with van der Waals surface area (Å²) >= 11 is 0. The normalized spacial score (nSPS) is 9.50. The second kappa shape index (κ2) is 4.41. The van der Waals surface area contributed by atoms with E-state index in [0.29, 0.717) is 5.69 Å². The van der Waals surface area contributed by atoms with Crippen molar-refractivity contribution in [3.8, 4) is 0 Å². The van der Waals surface area contributed by atoms with Crippen LogP contribution in [0.2, 0.25) is 0 Å². The molecule has 0 atom stereocenters. The predicted molar refractivity (Wildman–Crippen MR) is 52.0 cm³/mol. The van der Waals surface area contributed by atoms with Gasteiger partial charge in [0.15, 0.2) is 0 Å². The fraction of sp³-hybridized carbons (Fsp3) is 0.100. The summed E-state index contributed by atoms with van der Waals surface area (Å²) < 4.78 is 0. The van der Waals surface area contributed by atoms with Crippen LogP contribution in [0, 0.1) is 6.42 Å². The zero-order valence-electron chi connectivity index (χ0n) is 7.65. The number of carbonyl (C=O) groups excluding carboxylic acids is 1. The predicted octanol–water partition coefficient (Wildman–Crippen LogP) is 1.55. The zero-order valence-corrected chi connectivity index (χ0v) is 7.65. The van der Waals surface area contributed by atoms with Crippen molar-refractivity contribution in [2.75, 3.05) is 5.32 Å². The third-order valence-corrected chi connectivity index (χ3v) is 1.68. The Bertz CT molecular complexity index is 360. The first-order valence-corrected chi connectivity index (χ1v) is 4.08. The molecule has 0 aliphatic heterocycles. The molecule has 0 aliphatic carbocycles. The van der Waals surface area contributed by atoms with Crippen LogP contribution in [-0.4, -0.2) is 17.0 Å². The van der Waals surface area contributed by atoms with Crippen molar-refractivity contribution < 1.29 is 14.7 Å². The molecule has 73 valence electrons. The van der Waals surface area contributed by atoms with Crippen molar-refractivity contribution in [3.05, 3.63) is 36.2 Å². The Balaban J connectivity index is 2.95. The zero-order chi connectivity index (χ0) is 10.6. The Morgan fingerprint density at radius 3 is 2.57 bits per heavy atom. The molecule has 1 radical (unpaired) electrons. The van der Waals surface area contributed by atoms with Crippen molar-refractivity contribution in [3.63, 3.8) is 0 Å². The third kappa shape index (κ3) is 2.32. The standard InChI is InChI=1S/C10H10NO3/c1-2-9(12)11-8-6-4-3-5-7(8)10(13)14/h2-6H,1H3,(H,11,12)(H,13,14). The number of carboxylic acid groups (broad SMARTS) is 1. The fourth-order valence-electron chi connectivity index (χ4n) is 0.984. The average Bonchev–Trinajstić information content (AvgIpc) is 2.18. The van der Waals surface area contributed by atoms with Crippen LogP contribution >= 0.6 is 0 Å². The van der Waals surface area contributed by atoms with Gasteiger partial charge in [-0.3, -0.25) is 4.79 Å². The highest BCUT2D eigenvalue weighted by atomic mass is 16.4. The summed E-state index contributed by atoms with van der Waals surface area (Å²) in [6.45, 7) is 1.58. The molecule has 0 aromatic heterocycles. The first kappa shape index (κ1) is 10.2. The Morgan fingerprint density at radius 2 is 2.00 bits per heavy atom. The van der Waals surface area contributed by atoms with E-state index in [-0.39, 0.29) is 11.5 Å². The number of carboxylic acids is 1. The van der Waals surface area contributed by atoms with Gasteiger partial charge in [0.25, 0.3) is 0 Å². The Labute approximate surface area is 81.6 Å². The average molecular weight is 192 g/mol. The van der Waals surface area contributed by atoms with Crippen molar-refractivity contribution in [2.24, 2.45) is 0 Å². The lowest BCUT2D eigenvalue weighted by Crippen LogP contribution is -2.13. The highest BCUT2D eigenvalue weighted by Gasteiger charge is 2.10. The van der Waals surface area contributed by atoms with E-state index in [0.717, 1.165) is 0 Å². The molecule has 1 amide bonds. The van der Waals surface area contributed by atoms with Gasteiger partial charge >= 0.3 is 5.97 Å². The van der Waals surface area contributed by atoms with Crippen molar-refractivity contribution in [2.45, 2.75) is 6.92 Å². The summed E-state index contributed by atoms with van der Waals surface area (Å²) in [4.78, 5) is 21.7. The van der Waals surface area contributed by atoms with Gasteiger partial charge in [-0.25, -0.2) is 4.79 Å². The van der Waals surface area contributed by atoms with Gasteiger partial charge in [-0.05, 0) is 12.1 Å². The molecular weight excluding hydrogens is 182 g/mol. The highest BCUT2D eigenvalue weighted by molar-refractivity contribution is 6.03. The highest BCUT2D eigenvalue weighted by Crippen LogP contribution is 2.14. The summed E-state index contributed by atoms with van der Waals surface area (Å²) in [5.41, 5.74) is 0.394. The molecule has 0 unspecified atom stereocenters. The number of aromatic carboxylic acids is 1. The second-order valence-electron chi connectivity index (χ2n) is 2.63. The smallest absolute Gasteiger partial charge is 0.337 e. The summed E-state index contributed by atoms with van der Waals surface area (Å²) in [6.07, 6.45) is 1.33. The monoisotopic (exact) mass is 192 g/mol. The molecule has 0 saturated heterocycles. The lowest BCUT2D eigenvalue weighted by Gasteiger charge is -2.06. The molecule has 1 rings (SSSR count). The van der Waals surface area contributed by atoms with Crippen LogP contribution in [0.4, 0.5) is 5.69 Å². The lowest BCUT2D eigenvalue weighted by molar-refractivity contribution is -0.113. The number of hydrogen-bond donors (Lipinski definition) is 2. The fourth-order valence-corrected chi connectivity index (χ4v) is 0.984. The molecule has 2 N–H and O–H groups in total. The summed E-state index contributed by atoms with van der Waals surface area (Å²) in [5.74, 6) is -1.38. The Kier molecular flexibility index (Phi) is 3.23. The molecule has 4 nitrogen and oxygen atoms in total. The largest absolute Gasteiger partial charge is 0.478 e. The number of rotatable bonds is 3. The number of nitrogens with one attached hydrogen (secondary N) is 1. The molecule has 4 heteroatoms. The minimum atomic E-state index is -1.06. The minimum absolute atomic E-state index is 0.0858. The van der Waals surface area contributed by atoms with Crippen LogP contribution in [0.15, 0.2) is 24.3 Å². The molecular formula is C10H10NO3. The van der Waals surface area contributed by atoms with E-state index in [4.69, 9.17) is 5.11 Å². The van der Waals surface area contributed by atoms with E-state index in [1.807, 2.05) is 0 Å². The molecule has 1 aromatic rings. The number of benzene rings is 1. The van der Waals surface area contributed by atoms with Gasteiger partial charge in [0.2, 0.25) is 5.91 Å². The van der Waals surface area contributed by atoms with Gasteiger partial charge in [0.1, 0.15) is 0 Å². The van der Waals surface area contributed by atoms with Gasteiger partial charge in [-0.15, -0.1) is 0 Å². The lowest BCUT2D eigenvalue weighted by atomic mass is 10.2. The molecule has 0 heterocycles. The third-order valence-electron chi connectivity index (χ3n) is 1.68. The number of anilines is 1. The SMILES string of the molecule is C[CH]C(=O)Nc1ccccc1C(=O)O. The topological polar surface area (TPSA) is 66.4 Å². The van der Waals surface area contributed by atoms with Crippen LogP contribution in [0.5, 0.6) is 0 Å². The Morgan fingerprint density at radius 1 is 1.36 bits per heavy atom. The first-order valence-electron chi connectivity index (χ1n) is 4.08. The van der Waals surface area contributed by atoms with E-state index in [1.165, 1.54) is 12.5 Å². The van der Waals surface area contributed by atoms with Crippen LogP contribution in [0.3, 0.4) is 0 Å². The maximum absolute atomic E-state index is 11.0. The van der Waals surface area contributed by atoms with Gasteiger partial charge in [-0.2, -0.15) is 0 Å². The summed E-state index contributed by atoms with van der Waals surface area (Å²) in [5, 5.41) is 11.3. The number of hydrogen-bond acceptors (Lipinski definition) is 2. The van der Waals surface area contributed by atoms with E-state index >= 15 is 0 Å². The van der Waals surface area contributed by atoms with Crippen molar-refractivity contribution in [1.29, 1.82) is 0 Å². The van der Waals surface area contributed by atoms with Gasteiger partial charge in [0.05, 0.1) is 11.3 Å². The van der Waals surface area contributed by atoms with Crippen LogP contribution in [0.1, 0.15) is 17.3 Å². The molecule has 14 heavy (non-hydrogen) atoms. The summed E-state index contributed by atoms with van der Waals surface area (Å²) in [6, 6.07) is 6.25. The van der Waals surface area contributed by atoms with Crippen molar-refractivity contribution >= 4 is 17.6 Å². The van der Waals surface area contributed by atoms with Gasteiger partial charge in [0, 0.05) is 6.42 Å². The van der Waals surface area contributed by atoms with Gasteiger partial charge < -0.3 is 10.4 Å². The Hall–Kier alpha value is -1.84. The van der Waals surface area contributed by atoms with Crippen LogP contribution in [-0.2, 0) is 4.79 Å². The van der Waals surface area contributed by atoms with E-state index < -0.39 is 5.97 Å². The van der Waals surface area contributed by atoms with E-state index in [2.05, 4.69) is 5.32 Å². The quantitative estimate of drug-likeness (QED) is 0.763. The summed E-state index contributed by atoms with van der Waals surface area (Å²) in [7, 11) is 0. The van der Waals surface area contributed by atoms with Gasteiger partial charge in [-0.1, -0.05) is 19.1 Å². The van der Waals surface area contributed by atoms with Crippen LogP contribution < -0.4 is 5.32 Å².